The number of halogens is 1. The third-order valence-electron chi connectivity index (χ3n) is 21.8. The fraction of sp³-hybridized carbons (Fsp3) is 0.524. The van der Waals surface area contributed by atoms with Crippen molar-refractivity contribution in [1.82, 2.24) is 79.1 Å². The van der Waals surface area contributed by atoms with Gasteiger partial charge in [-0.25, -0.2) is 9.18 Å². The van der Waals surface area contributed by atoms with Gasteiger partial charge in [0.2, 0.25) is 53.2 Å². The highest BCUT2D eigenvalue weighted by molar-refractivity contribution is 6.00. The summed E-state index contributed by atoms with van der Waals surface area (Å²) in [5, 5.41) is 43.4. The number of nitrogens with one attached hydrogen (secondary N) is 12. The van der Waals surface area contributed by atoms with Gasteiger partial charge in [0.15, 0.2) is 12.4 Å². The van der Waals surface area contributed by atoms with Gasteiger partial charge in [0.05, 0.1) is 88.6 Å². The zero-order valence-electron chi connectivity index (χ0n) is 85.9. The van der Waals surface area contributed by atoms with Crippen molar-refractivity contribution >= 4 is 71.1 Å². The summed E-state index contributed by atoms with van der Waals surface area (Å²) in [6, 6.07) is 24.6. The molecule has 776 valence electrons. The number of likely N-dealkylation sites (N-methyl/N-ethyl adjacent to an activating group) is 1. The number of aromatic nitrogens is 4. The van der Waals surface area contributed by atoms with Gasteiger partial charge in [0, 0.05) is 44.5 Å². The molecule has 39 heteroatoms. The third kappa shape index (κ3) is 39.2. The quantitative estimate of drug-likeness (QED) is 0.0125. The van der Waals surface area contributed by atoms with Crippen LogP contribution in [0, 0.1) is 5.82 Å². The monoisotopic (exact) mass is 1980 g/mol. The largest absolute Gasteiger partial charge is 0.497 e. The molecule has 11 amide bonds. The maximum absolute atomic E-state index is 16.1. The number of benzene rings is 6. The minimum absolute atomic E-state index is 0.0402. The minimum Gasteiger partial charge on any atom is -0.497 e. The van der Waals surface area contributed by atoms with E-state index < -0.39 is 191 Å². The van der Waals surface area contributed by atoms with Crippen LogP contribution in [0.1, 0.15) is 209 Å². The molecule has 14 N–H and O–H groups in total. The van der Waals surface area contributed by atoms with Gasteiger partial charge in [-0.2, -0.15) is 5.21 Å². The second-order valence-corrected chi connectivity index (χ2v) is 39.7. The smallest absolute Gasteiger partial charge is 0.407 e. The van der Waals surface area contributed by atoms with Gasteiger partial charge in [0.25, 0.3) is 5.91 Å². The van der Waals surface area contributed by atoms with Gasteiger partial charge in [-0.15, -0.1) is 10.2 Å². The van der Waals surface area contributed by atoms with Crippen molar-refractivity contribution in [2.45, 2.75) is 290 Å². The maximum Gasteiger partial charge on any atom is 0.407 e. The molecular weight excluding hydrogens is 1830 g/mol. The van der Waals surface area contributed by atoms with Crippen LogP contribution in [0.15, 0.2) is 133 Å². The number of carbonyl (C=O) groups excluding carboxylic acids is 12. The lowest BCUT2D eigenvalue weighted by atomic mass is 9.90. The molecule has 0 spiro atoms. The third-order valence-corrected chi connectivity index (χ3v) is 21.8. The molecule has 0 aliphatic carbocycles. The second-order valence-electron chi connectivity index (χ2n) is 39.7. The number of methoxy groups -OCH3 is 3. The molecule has 7 aromatic rings. The first-order valence-corrected chi connectivity index (χ1v) is 47.4. The molecule has 1 heterocycles. The van der Waals surface area contributed by atoms with Gasteiger partial charge in [0.1, 0.15) is 87.6 Å². The number of aromatic amines is 1. The maximum atomic E-state index is 16.1. The fourth-order valence-electron chi connectivity index (χ4n) is 14.9. The molecule has 0 saturated carbocycles. The highest BCUT2D eigenvalue weighted by Gasteiger charge is 2.45. The van der Waals surface area contributed by atoms with Gasteiger partial charge in [-0.05, 0) is 257 Å². The van der Waals surface area contributed by atoms with Crippen LogP contribution in [0.5, 0.6) is 28.7 Å². The van der Waals surface area contributed by atoms with Crippen LogP contribution >= 0.6 is 0 Å². The Morgan fingerprint density at radius 2 is 1.07 bits per heavy atom. The number of rotatable bonds is 52. The Morgan fingerprint density at radius 3 is 1.66 bits per heavy atom. The number of H-pyrrole nitrogens is 1. The number of alkyl carbamates (subject to hydrolysis) is 1. The van der Waals surface area contributed by atoms with E-state index in [4.69, 9.17) is 53.1 Å². The Morgan fingerprint density at radius 1 is 0.507 bits per heavy atom. The van der Waals surface area contributed by atoms with E-state index in [1.54, 1.807) is 166 Å². The zero-order chi connectivity index (χ0) is 105. The van der Waals surface area contributed by atoms with Crippen LogP contribution in [0.2, 0.25) is 0 Å². The number of nitrogens with two attached hydrogens (primary N) is 1. The van der Waals surface area contributed by atoms with Crippen LogP contribution in [0.25, 0.3) is 11.1 Å². The molecule has 0 aliphatic heterocycles. The van der Waals surface area contributed by atoms with E-state index in [1.165, 1.54) is 60.2 Å². The van der Waals surface area contributed by atoms with E-state index in [0.29, 0.717) is 84.3 Å². The standard InChI is InChI=1S/C103H145FN16O22/c1-24-65-53-71(133-21)46-48-73(65)66-38-34-64(35-39-66)52-78(91(126)109-77(33-29-30-63-36-42-69(43-37-63)136-51-28-27-50-107-97(132)142-102(16,17)18)90(125)114-88(74-49-47-72(134-22)54-81(74)135-23)67-40-44-70(45-41-67)137-60-84(122)106-20)110-92(127)79(56-85(123)141-101(13,14)15)111-93(128)80(59-138-98(4,5)6)112-94(129)86(61(2)139-99(7,8)9)115-96(131)103(19,57-68-31-25-26-32-75(68)104)116-95(130)87(62(3)140-100(10,11)12)113-83(121)58-108-89(124)76(105)55-82-117-119-120-118-82/h25-26,31-32,34-49,53-54,61-62,76-80,86-88H,24,27-30,33,50-52,55-60,105H2,1-23H3,(H,106,122)(H,107,132)(H,108,124)(H,109,126)(H,110,127)(H,111,128)(H,112,129)(H,113,121)(H,114,125)(H,115,131)(H,116,130)(H,117,118,119,120)/t61-,62-,76+,77+,78+,79?,80?,86+,87+,88?,103+/m1/s1. The Hall–Kier alpha value is -13.4. The topological polar surface area (TPSA) is 510 Å². The van der Waals surface area contributed by atoms with Gasteiger partial charge in [-0.1, -0.05) is 84.9 Å². The van der Waals surface area contributed by atoms with Crippen molar-refractivity contribution in [3.05, 3.63) is 178 Å². The predicted octanol–water partition coefficient (Wildman–Crippen LogP) is 8.54. The number of hydrogen-bond donors (Lipinski definition) is 13. The van der Waals surface area contributed by atoms with Gasteiger partial charge in [-0.3, -0.25) is 52.7 Å². The van der Waals surface area contributed by atoms with Crippen molar-refractivity contribution < 1.29 is 109 Å². The van der Waals surface area contributed by atoms with Crippen LogP contribution in [0.3, 0.4) is 0 Å². The summed E-state index contributed by atoms with van der Waals surface area (Å²) in [6.45, 7) is 30.4. The SMILES string of the molecule is CCc1cc(OC)ccc1-c1ccc(C[C@H](NC(=O)C(CC(=O)OC(C)(C)C)NC(=O)C(COC(C)(C)C)NC(=O)[C@@H](NC(=O)[C@](C)(Cc2ccccc2F)NC(=O)[C@@H](NC(=O)CNC(=O)[C@@H](N)Cc2nn[nH]n2)[C@@H](C)OC(C)(C)C)[C@@H](C)OC(C)(C)C)C(=O)N[C@@H](CCCc2ccc(OCCCCNC(=O)OC(C)(C)C)cc2)C(=O)NC(c2ccc(OCC(=O)NC)cc2)c2ccc(OC)cc2OC)cc1. The Bertz CT molecular complexity index is 5350. The van der Waals surface area contributed by atoms with E-state index in [0.717, 1.165) is 28.3 Å². The highest BCUT2D eigenvalue weighted by Crippen LogP contribution is 2.36. The van der Waals surface area contributed by atoms with Crippen LogP contribution in [-0.4, -0.2) is 241 Å². The lowest BCUT2D eigenvalue weighted by Crippen LogP contribution is -2.67. The molecule has 3 unspecified atom stereocenters. The molecule has 0 radical (unpaired) electrons. The second kappa shape index (κ2) is 53.5. The van der Waals surface area contributed by atoms with Crippen LogP contribution in [-0.2, 0) is 109 Å². The highest BCUT2D eigenvalue weighted by atomic mass is 19.1. The minimum atomic E-state index is -2.29. The van der Waals surface area contributed by atoms with Crippen LogP contribution < -0.4 is 87.9 Å². The normalized spacial score (nSPS) is 14.3. The summed E-state index contributed by atoms with van der Waals surface area (Å²) < 4.78 is 75.1. The first-order chi connectivity index (χ1) is 66.7. The Labute approximate surface area is 830 Å². The number of amides is 11. The van der Waals surface area contributed by atoms with E-state index in [-0.39, 0.29) is 49.6 Å². The number of unbranched alkanes of at least 4 members (excludes halogenated alkanes) is 1. The summed E-state index contributed by atoms with van der Waals surface area (Å²) in [5.41, 5.74) is 3.69. The summed E-state index contributed by atoms with van der Waals surface area (Å²) in [6.07, 6.45) is -2.56. The fourth-order valence-corrected chi connectivity index (χ4v) is 14.9. The number of esters is 1. The Kier molecular flexibility index (Phi) is 43.5. The van der Waals surface area contributed by atoms with Crippen molar-refractivity contribution in [1.29, 1.82) is 0 Å². The summed E-state index contributed by atoms with van der Waals surface area (Å²) in [4.78, 5) is 176. The average Bonchev–Trinajstić information content (AvgIpc) is 0.915. The van der Waals surface area contributed by atoms with Crippen molar-refractivity contribution in [3.63, 3.8) is 0 Å². The van der Waals surface area contributed by atoms with Crippen molar-refractivity contribution in [2.75, 3.05) is 61.3 Å². The average molecular weight is 1980 g/mol. The summed E-state index contributed by atoms with van der Waals surface area (Å²) in [5.74, 6) is -8.70. The number of nitrogens with zero attached hydrogens (tertiary/aromatic N) is 3. The lowest BCUT2D eigenvalue weighted by Gasteiger charge is -2.37. The molecule has 0 bridgehead atoms. The van der Waals surface area contributed by atoms with E-state index in [1.807, 2.05) is 61.5 Å². The molecule has 1 aromatic heterocycles. The molecule has 38 nitrogen and oxygen atoms in total. The van der Waals surface area contributed by atoms with Crippen LogP contribution in [0.4, 0.5) is 9.18 Å². The molecule has 7 rings (SSSR count). The summed E-state index contributed by atoms with van der Waals surface area (Å²) >= 11 is 0. The number of carbonyl (C=O) groups is 12. The van der Waals surface area contributed by atoms with E-state index in [9.17, 15) is 24.0 Å². The molecule has 0 fully saturated rings. The molecule has 6 aromatic carbocycles. The molecule has 0 saturated heterocycles. The van der Waals surface area contributed by atoms with E-state index in [2.05, 4.69) is 79.1 Å². The van der Waals surface area contributed by atoms with E-state index >= 15 is 38.0 Å². The van der Waals surface area contributed by atoms with Gasteiger partial charge < -0.3 is 112 Å². The summed E-state index contributed by atoms with van der Waals surface area (Å²) in [7, 11) is 5.99. The molecule has 142 heavy (non-hydrogen) atoms. The predicted molar refractivity (Wildman–Crippen MR) is 529 cm³/mol. The number of aryl methyl sites for hydroxylation is 2. The number of tetrazole rings is 1. The Balaban J connectivity index is 1.29. The molecule has 0 aliphatic rings. The molecule has 11 atom stereocenters. The lowest BCUT2D eigenvalue weighted by molar-refractivity contribution is -0.157. The number of ether oxygens (including phenoxy) is 10. The first kappa shape index (κ1) is 116. The van der Waals surface area contributed by atoms with Crippen molar-refractivity contribution in [3.8, 4) is 39.9 Å². The number of hydrogen-bond acceptors (Lipinski definition) is 26. The van der Waals surface area contributed by atoms with Crippen molar-refractivity contribution in [2.24, 2.45) is 5.73 Å². The zero-order valence-corrected chi connectivity index (χ0v) is 85.9. The van der Waals surface area contributed by atoms with Gasteiger partial charge >= 0.3 is 12.1 Å². The first-order valence-electron chi connectivity index (χ1n) is 47.4. The molecular formula is C103H145FN16O22.